The quantitative estimate of drug-likeness (QED) is 0.553. The van der Waals surface area contributed by atoms with Crippen LogP contribution < -0.4 is 5.73 Å². The second-order valence-corrected chi connectivity index (χ2v) is 3.05. The number of nitrogen functional groups attached to an aromatic ring is 1. The fourth-order valence-electron chi connectivity index (χ4n) is 0.859. The average molecular weight is 167 g/mol. The molecule has 2 N–H and O–H groups in total. The van der Waals surface area contributed by atoms with Gasteiger partial charge in [0.2, 0.25) is 0 Å². The highest BCUT2D eigenvalue weighted by Gasteiger charge is 1.91. The van der Waals surface area contributed by atoms with Crippen LogP contribution in [0, 0.1) is 0 Å². The molecule has 1 aromatic rings. The van der Waals surface area contributed by atoms with Crippen molar-refractivity contribution in [2.45, 2.75) is 6.42 Å². The van der Waals surface area contributed by atoms with Gasteiger partial charge < -0.3 is 5.73 Å². The summed E-state index contributed by atoms with van der Waals surface area (Å²) in [5.74, 6) is 0. The molecule has 0 aliphatic heterocycles. The van der Waals surface area contributed by atoms with E-state index in [1.165, 1.54) is 5.56 Å². The van der Waals surface area contributed by atoms with E-state index in [0.29, 0.717) is 6.16 Å². The van der Waals surface area contributed by atoms with Gasteiger partial charge in [-0.15, -0.1) is 0 Å². The molecule has 1 aromatic carbocycles. The maximum absolute atomic E-state index is 10.1. The summed E-state index contributed by atoms with van der Waals surface area (Å²) >= 11 is 0. The van der Waals surface area contributed by atoms with Crippen LogP contribution in [-0.2, 0) is 11.0 Å². The molecule has 2 nitrogen and oxygen atoms in total. The van der Waals surface area contributed by atoms with Gasteiger partial charge >= 0.3 is 0 Å². The maximum Gasteiger partial charge on any atom is 0.155 e. The Morgan fingerprint density at radius 2 is 1.91 bits per heavy atom. The predicted molar refractivity (Wildman–Crippen MR) is 47.0 cm³/mol. The molecule has 0 fully saturated rings. The SMILES string of the molecule is Nc1ccc(CCP=O)cc1. The van der Waals surface area contributed by atoms with Gasteiger partial charge in [0.15, 0.2) is 8.46 Å². The molecule has 1 rings (SSSR count). The highest BCUT2D eigenvalue weighted by molar-refractivity contribution is 7.23. The third-order valence-corrected chi connectivity index (χ3v) is 1.88. The number of hydrogen-bond acceptors (Lipinski definition) is 2. The zero-order valence-electron chi connectivity index (χ0n) is 6.16. The van der Waals surface area contributed by atoms with E-state index in [2.05, 4.69) is 0 Å². The zero-order chi connectivity index (χ0) is 8.10. The van der Waals surface area contributed by atoms with Crippen LogP contribution in [0.2, 0.25) is 0 Å². The van der Waals surface area contributed by atoms with Crippen molar-refractivity contribution >= 4 is 14.1 Å². The molecule has 0 bridgehead atoms. The first-order valence-electron chi connectivity index (χ1n) is 3.46. The van der Waals surface area contributed by atoms with Gasteiger partial charge in [-0.1, -0.05) is 12.1 Å². The van der Waals surface area contributed by atoms with Gasteiger partial charge in [-0.25, -0.2) is 0 Å². The van der Waals surface area contributed by atoms with Crippen LogP contribution in [0.1, 0.15) is 5.56 Å². The van der Waals surface area contributed by atoms with Crippen molar-refractivity contribution in [3.8, 4) is 0 Å². The molecule has 0 saturated heterocycles. The van der Waals surface area contributed by atoms with Crippen molar-refractivity contribution in [2.75, 3.05) is 11.9 Å². The largest absolute Gasteiger partial charge is 0.399 e. The lowest BCUT2D eigenvalue weighted by Gasteiger charge is -1.96. The van der Waals surface area contributed by atoms with Gasteiger partial charge in [0.25, 0.3) is 0 Å². The van der Waals surface area contributed by atoms with E-state index in [1.807, 2.05) is 24.3 Å². The van der Waals surface area contributed by atoms with Gasteiger partial charge in [-0.2, -0.15) is 0 Å². The Morgan fingerprint density at radius 3 is 2.45 bits per heavy atom. The molecule has 0 aliphatic carbocycles. The molecule has 0 unspecified atom stereocenters. The number of hydrogen-bond donors (Lipinski definition) is 1. The normalized spacial score (nSPS) is 10.2. The highest BCUT2D eigenvalue weighted by atomic mass is 31.1. The number of anilines is 1. The molecule has 0 amide bonds. The monoisotopic (exact) mass is 167 g/mol. The first-order chi connectivity index (χ1) is 5.33. The molecule has 0 aliphatic rings. The minimum absolute atomic E-state index is 0.209. The van der Waals surface area contributed by atoms with E-state index in [-0.39, 0.29) is 8.46 Å². The lowest BCUT2D eigenvalue weighted by molar-refractivity contribution is 0.598. The number of rotatable bonds is 3. The van der Waals surface area contributed by atoms with E-state index in [0.717, 1.165) is 12.1 Å². The second-order valence-electron chi connectivity index (χ2n) is 2.34. The summed E-state index contributed by atoms with van der Waals surface area (Å²) in [6.07, 6.45) is 1.54. The Labute approximate surface area is 67.6 Å². The van der Waals surface area contributed by atoms with Crippen LogP contribution in [0.4, 0.5) is 5.69 Å². The Morgan fingerprint density at radius 1 is 1.27 bits per heavy atom. The summed E-state index contributed by atoms with van der Waals surface area (Å²) in [6, 6.07) is 7.63. The fourth-order valence-corrected chi connectivity index (χ4v) is 1.21. The van der Waals surface area contributed by atoms with Crippen molar-refractivity contribution in [1.29, 1.82) is 0 Å². The Balaban J connectivity index is 2.58. The van der Waals surface area contributed by atoms with Gasteiger partial charge in [0.05, 0.1) is 0 Å². The Hall–Kier alpha value is -0.880. The lowest BCUT2D eigenvalue weighted by Crippen LogP contribution is -1.87. The summed E-state index contributed by atoms with van der Waals surface area (Å²) < 4.78 is 10.1. The molecule has 0 saturated carbocycles. The topological polar surface area (TPSA) is 43.1 Å². The number of aryl methyl sites for hydroxylation is 1. The van der Waals surface area contributed by atoms with E-state index >= 15 is 0 Å². The highest BCUT2D eigenvalue weighted by Crippen LogP contribution is 2.07. The van der Waals surface area contributed by atoms with Crippen molar-refractivity contribution < 1.29 is 4.57 Å². The minimum atomic E-state index is 0.209. The van der Waals surface area contributed by atoms with Crippen molar-refractivity contribution in [2.24, 2.45) is 0 Å². The molecule has 0 radical (unpaired) electrons. The molecule has 0 atom stereocenters. The average Bonchev–Trinajstić information content (AvgIpc) is 2.04. The van der Waals surface area contributed by atoms with Crippen molar-refractivity contribution in [3.63, 3.8) is 0 Å². The van der Waals surface area contributed by atoms with E-state index in [9.17, 15) is 4.57 Å². The molecule has 0 spiro atoms. The van der Waals surface area contributed by atoms with Gasteiger partial charge in [0, 0.05) is 11.8 Å². The summed E-state index contributed by atoms with van der Waals surface area (Å²) in [4.78, 5) is 0. The number of nitrogens with two attached hydrogens (primary N) is 1. The van der Waals surface area contributed by atoms with Crippen LogP contribution >= 0.6 is 8.46 Å². The first kappa shape index (κ1) is 8.22. The molecule has 58 valence electrons. The van der Waals surface area contributed by atoms with E-state index < -0.39 is 0 Å². The van der Waals surface area contributed by atoms with Gasteiger partial charge in [-0.05, 0) is 24.1 Å². The Kier molecular flexibility index (Phi) is 3.06. The standard InChI is InChI=1S/C8H10NOP/c9-8-3-1-7(2-4-8)5-6-11-10/h1-4H,5-6,9H2. The van der Waals surface area contributed by atoms with Crippen molar-refractivity contribution in [1.82, 2.24) is 0 Å². The van der Waals surface area contributed by atoms with Crippen molar-refractivity contribution in [3.05, 3.63) is 29.8 Å². The van der Waals surface area contributed by atoms with E-state index in [1.54, 1.807) is 0 Å². The van der Waals surface area contributed by atoms with Crippen LogP contribution in [0.25, 0.3) is 0 Å². The smallest absolute Gasteiger partial charge is 0.155 e. The number of benzene rings is 1. The molecule has 3 heteroatoms. The second kappa shape index (κ2) is 4.09. The molecular formula is C8H10NOP. The summed E-state index contributed by atoms with van der Waals surface area (Å²) in [7, 11) is 0.209. The minimum Gasteiger partial charge on any atom is -0.399 e. The molecular weight excluding hydrogens is 157 g/mol. The van der Waals surface area contributed by atoms with Gasteiger partial charge in [0.1, 0.15) is 0 Å². The maximum atomic E-state index is 10.1. The lowest BCUT2D eigenvalue weighted by atomic mass is 10.2. The summed E-state index contributed by atoms with van der Waals surface area (Å²) in [5.41, 5.74) is 7.45. The van der Waals surface area contributed by atoms with Crippen LogP contribution in [0.3, 0.4) is 0 Å². The van der Waals surface area contributed by atoms with Crippen LogP contribution in [-0.4, -0.2) is 6.16 Å². The third kappa shape index (κ3) is 2.69. The van der Waals surface area contributed by atoms with E-state index in [4.69, 9.17) is 5.73 Å². The Bertz CT molecular complexity index is 232. The predicted octanol–water partition coefficient (Wildman–Crippen LogP) is 2.10. The molecule has 11 heavy (non-hydrogen) atoms. The summed E-state index contributed by atoms with van der Waals surface area (Å²) in [6.45, 7) is 0. The van der Waals surface area contributed by atoms with Crippen LogP contribution in [0.15, 0.2) is 24.3 Å². The summed E-state index contributed by atoms with van der Waals surface area (Å²) in [5, 5.41) is 0. The molecule has 0 heterocycles. The first-order valence-corrected chi connectivity index (χ1v) is 4.46. The molecule has 0 aromatic heterocycles. The fraction of sp³-hybridized carbons (Fsp3) is 0.250. The van der Waals surface area contributed by atoms with Crippen LogP contribution in [0.5, 0.6) is 0 Å². The zero-order valence-corrected chi connectivity index (χ0v) is 7.05. The van der Waals surface area contributed by atoms with Gasteiger partial charge in [-0.3, -0.25) is 4.57 Å². The third-order valence-electron chi connectivity index (χ3n) is 1.47.